The summed E-state index contributed by atoms with van der Waals surface area (Å²) >= 11 is 1.09. The van der Waals surface area contributed by atoms with Gasteiger partial charge in [-0.3, -0.25) is 0 Å². The van der Waals surface area contributed by atoms with E-state index in [0.717, 1.165) is 16.7 Å². The molecule has 2 amide bonds. The number of carbonyl (C=O) groups excluding carboxylic acids is 1. The highest BCUT2D eigenvalue weighted by Crippen LogP contribution is 2.18. The van der Waals surface area contributed by atoms with E-state index in [1.807, 2.05) is 11.5 Å². The van der Waals surface area contributed by atoms with Crippen LogP contribution in [-0.4, -0.2) is 6.03 Å². The summed E-state index contributed by atoms with van der Waals surface area (Å²) in [5.74, 6) is 0. The monoisotopic (exact) mass is 275 g/mol. The maximum absolute atomic E-state index is 11.6. The number of amides is 2. The SMILES string of the molecule is CC(C)(C)/C=C/NC(=O)Nc1ccc(SC#N)cc1. The molecule has 1 aromatic rings. The molecular weight excluding hydrogens is 258 g/mol. The molecule has 0 fully saturated rings. The number of hydrogen-bond acceptors (Lipinski definition) is 3. The van der Waals surface area contributed by atoms with Gasteiger partial charge >= 0.3 is 6.03 Å². The van der Waals surface area contributed by atoms with E-state index in [1.165, 1.54) is 0 Å². The number of anilines is 1. The maximum Gasteiger partial charge on any atom is 0.323 e. The molecule has 100 valence electrons. The van der Waals surface area contributed by atoms with Crippen LogP contribution in [0.3, 0.4) is 0 Å². The number of carbonyl (C=O) groups is 1. The normalized spacial score (nSPS) is 11.1. The van der Waals surface area contributed by atoms with E-state index in [4.69, 9.17) is 5.26 Å². The van der Waals surface area contributed by atoms with Crippen molar-refractivity contribution in [2.75, 3.05) is 5.32 Å². The third-order valence-electron chi connectivity index (χ3n) is 2.07. The molecule has 0 aliphatic rings. The Morgan fingerprint density at radius 3 is 2.47 bits per heavy atom. The predicted molar refractivity (Wildman–Crippen MR) is 78.7 cm³/mol. The van der Waals surface area contributed by atoms with Crippen molar-refractivity contribution in [3.05, 3.63) is 36.5 Å². The Balaban J connectivity index is 2.49. The van der Waals surface area contributed by atoms with Crippen molar-refractivity contribution in [1.82, 2.24) is 5.32 Å². The summed E-state index contributed by atoms with van der Waals surface area (Å²) in [7, 11) is 0. The van der Waals surface area contributed by atoms with Crippen molar-refractivity contribution < 1.29 is 4.79 Å². The number of thioether (sulfide) groups is 1. The Morgan fingerprint density at radius 2 is 1.95 bits per heavy atom. The van der Waals surface area contributed by atoms with Gasteiger partial charge in [-0.25, -0.2) is 4.79 Å². The number of nitrogens with one attached hydrogen (secondary N) is 2. The Kier molecular flexibility index (Phi) is 5.46. The number of urea groups is 1. The summed E-state index contributed by atoms with van der Waals surface area (Å²) in [6.45, 7) is 6.15. The van der Waals surface area contributed by atoms with E-state index >= 15 is 0 Å². The van der Waals surface area contributed by atoms with Gasteiger partial charge in [-0.2, -0.15) is 5.26 Å². The van der Waals surface area contributed by atoms with Gasteiger partial charge in [-0.1, -0.05) is 26.8 Å². The minimum atomic E-state index is -0.291. The fraction of sp³-hybridized carbons (Fsp3) is 0.286. The summed E-state index contributed by atoms with van der Waals surface area (Å²) in [6, 6.07) is 6.80. The zero-order chi connectivity index (χ0) is 14.3. The van der Waals surface area contributed by atoms with E-state index < -0.39 is 0 Å². The highest BCUT2D eigenvalue weighted by Gasteiger charge is 2.04. The Bertz CT molecular complexity index is 495. The van der Waals surface area contributed by atoms with E-state index in [2.05, 4.69) is 31.4 Å². The zero-order valence-electron chi connectivity index (χ0n) is 11.2. The number of nitriles is 1. The van der Waals surface area contributed by atoms with E-state index in [-0.39, 0.29) is 11.4 Å². The van der Waals surface area contributed by atoms with E-state index in [1.54, 1.807) is 30.5 Å². The van der Waals surface area contributed by atoms with Gasteiger partial charge in [0.05, 0.1) is 0 Å². The van der Waals surface area contributed by atoms with E-state index in [0.29, 0.717) is 5.69 Å². The van der Waals surface area contributed by atoms with Crippen LogP contribution >= 0.6 is 11.8 Å². The lowest BCUT2D eigenvalue weighted by Gasteiger charge is -2.11. The molecule has 0 heterocycles. The lowest BCUT2D eigenvalue weighted by molar-refractivity contribution is 0.255. The van der Waals surface area contributed by atoms with Crippen molar-refractivity contribution >= 4 is 23.5 Å². The van der Waals surface area contributed by atoms with Crippen LogP contribution in [0.5, 0.6) is 0 Å². The van der Waals surface area contributed by atoms with Crippen molar-refractivity contribution in [2.24, 2.45) is 5.41 Å². The fourth-order valence-electron chi connectivity index (χ4n) is 1.19. The molecule has 0 spiro atoms. The topological polar surface area (TPSA) is 64.9 Å². The summed E-state index contributed by atoms with van der Waals surface area (Å²) in [4.78, 5) is 12.4. The van der Waals surface area contributed by atoms with Gasteiger partial charge in [0, 0.05) is 16.8 Å². The highest BCUT2D eigenvalue weighted by molar-refractivity contribution is 8.03. The van der Waals surface area contributed by atoms with Crippen LogP contribution in [0.25, 0.3) is 0 Å². The standard InChI is InChI=1S/C14H17N3OS/c1-14(2,3)8-9-16-13(18)17-11-4-6-12(7-5-11)19-10-15/h4-9H,1-3H3,(H2,16,17,18)/b9-8+. The molecule has 1 rings (SSSR count). The third kappa shape index (κ3) is 6.53. The summed E-state index contributed by atoms with van der Waals surface area (Å²) in [6.07, 6.45) is 3.55. The number of rotatable bonds is 3. The van der Waals surface area contributed by atoms with Gasteiger partial charge in [0.2, 0.25) is 0 Å². The molecule has 0 aliphatic heterocycles. The second-order valence-electron chi connectivity index (χ2n) is 5.02. The molecular formula is C14H17N3OS. The number of benzene rings is 1. The van der Waals surface area contributed by atoms with Crippen molar-refractivity contribution in [1.29, 1.82) is 5.26 Å². The molecule has 19 heavy (non-hydrogen) atoms. The maximum atomic E-state index is 11.6. The van der Waals surface area contributed by atoms with E-state index in [9.17, 15) is 4.79 Å². The van der Waals surface area contributed by atoms with Crippen molar-refractivity contribution in [3.63, 3.8) is 0 Å². The van der Waals surface area contributed by atoms with Gasteiger partial charge in [-0.15, -0.1) is 0 Å². The number of thiocyanates is 1. The van der Waals surface area contributed by atoms with Crippen LogP contribution in [0.1, 0.15) is 20.8 Å². The molecule has 0 saturated carbocycles. The number of hydrogen-bond donors (Lipinski definition) is 2. The van der Waals surface area contributed by atoms with Crippen LogP contribution < -0.4 is 10.6 Å². The van der Waals surface area contributed by atoms with Gasteiger partial charge in [0.25, 0.3) is 0 Å². The molecule has 0 atom stereocenters. The third-order valence-corrected chi connectivity index (χ3v) is 2.67. The Morgan fingerprint density at radius 1 is 1.32 bits per heavy atom. The fourth-order valence-corrected chi connectivity index (χ4v) is 1.57. The lowest BCUT2D eigenvalue weighted by atomic mass is 9.97. The second kappa shape index (κ2) is 6.86. The largest absolute Gasteiger partial charge is 0.323 e. The summed E-state index contributed by atoms with van der Waals surface area (Å²) in [5.41, 5.74) is 0.715. The van der Waals surface area contributed by atoms with Crippen LogP contribution in [0.2, 0.25) is 0 Å². The number of nitrogens with zero attached hydrogens (tertiary/aromatic N) is 1. The minimum absolute atomic E-state index is 0.0312. The highest BCUT2D eigenvalue weighted by atomic mass is 32.2. The molecule has 5 heteroatoms. The zero-order valence-corrected chi connectivity index (χ0v) is 12.0. The van der Waals surface area contributed by atoms with Crippen molar-refractivity contribution in [2.45, 2.75) is 25.7 Å². The first-order chi connectivity index (χ1) is 8.90. The first-order valence-corrected chi connectivity index (χ1v) is 6.63. The summed E-state index contributed by atoms with van der Waals surface area (Å²) in [5, 5.41) is 15.9. The van der Waals surface area contributed by atoms with Crippen LogP contribution in [0, 0.1) is 16.1 Å². The molecule has 0 aliphatic carbocycles. The Hall–Kier alpha value is -1.93. The predicted octanol–water partition coefficient (Wildman–Crippen LogP) is 3.94. The number of allylic oxidation sites excluding steroid dienone is 1. The quantitative estimate of drug-likeness (QED) is 0.648. The summed E-state index contributed by atoms with van der Waals surface area (Å²) < 4.78 is 0. The molecule has 0 radical (unpaired) electrons. The first kappa shape index (κ1) is 15.1. The van der Waals surface area contributed by atoms with Crippen LogP contribution in [0.4, 0.5) is 10.5 Å². The van der Waals surface area contributed by atoms with Crippen LogP contribution in [0.15, 0.2) is 41.4 Å². The molecule has 4 nitrogen and oxygen atoms in total. The molecule has 0 aromatic heterocycles. The smallest absolute Gasteiger partial charge is 0.315 e. The molecule has 0 saturated heterocycles. The lowest BCUT2D eigenvalue weighted by Crippen LogP contribution is -2.24. The van der Waals surface area contributed by atoms with Gasteiger partial charge in [0.1, 0.15) is 5.40 Å². The van der Waals surface area contributed by atoms with Gasteiger partial charge in [0.15, 0.2) is 0 Å². The first-order valence-electron chi connectivity index (χ1n) is 5.82. The van der Waals surface area contributed by atoms with Crippen molar-refractivity contribution in [3.8, 4) is 5.40 Å². The second-order valence-corrected chi connectivity index (χ2v) is 5.87. The van der Waals surface area contributed by atoms with Gasteiger partial charge in [-0.05, 0) is 41.4 Å². The molecule has 0 bridgehead atoms. The Labute approximate surface area is 117 Å². The van der Waals surface area contributed by atoms with Crippen LogP contribution in [-0.2, 0) is 0 Å². The van der Waals surface area contributed by atoms with Gasteiger partial charge < -0.3 is 10.6 Å². The molecule has 1 aromatic carbocycles. The minimum Gasteiger partial charge on any atom is -0.315 e. The average Bonchev–Trinajstić information content (AvgIpc) is 2.30. The molecule has 2 N–H and O–H groups in total. The average molecular weight is 275 g/mol. The molecule has 0 unspecified atom stereocenters.